The van der Waals surface area contributed by atoms with Gasteiger partial charge in [-0.2, -0.15) is 0 Å². The predicted octanol–water partition coefficient (Wildman–Crippen LogP) is 2.77. The Hall–Kier alpha value is -0.970. The molecule has 0 bridgehead atoms. The molecule has 1 N–H and O–H groups in total. The molecule has 1 fully saturated rings. The van der Waals surface area contributed by atoms with E-state index < -0.39 is 17.7 Å². The van der Waals surface area contributed by atoms with Crippen LogP contribution >= 0.6 is 11.6 Å². The van der Waals surface area contributed by atoms with E-state index in [4.69, 9.17) is 16.3 Å². The van der Waals surface area contributed by atoms with Crippen molar-refractivity contribution < 1.29 is 14.3 Å². The highest BCUT2D eigenvalue weighted by atomic mass is 35.5. The number of hydrogen-bond acceptors (Lipinski definition) is 3. The molecule has 0 aromatic carbocycles. The summed E-state index contributed by atoms with van der Waals surface area (Å²) >= 11 is 5.76. The van der Waals surface area contributed by atoms with E-state index in [0.717, 1.165) is 25.9 Å². The number of nitrogens with zero attached hydrogens (tertiary/aromatic N) is 1. The van der Waals surface area contributed by atoms with Gasteiger partial charge in [0.15, 0.2) is 0 Å². The molecule has 0 aromatic heterocycles. The maximum Gasteiger partial charge on any atom is 0.408 e. The number of rotatable bonds is 4. The maximum absolute atomic E-state index is 12.5. The topological polar surface area (TPSA) is 58.6 Å². The molecule has 6 heteroatoms. The first-order valence-corrected chi connectivity index (χ1v) is 8.10. The number of amides is 2. The molecule has 5 nitrogen and oxygen atoms in total. The average molecular weight is 319 g/mol. The quantitative estimate of drug-likeness (QED) is 0.811. The smallest absolute Gasteiger partial charge is 0.408 e. The minimum atomic E-state index is -0.606. The summed E-state index contributed by atoms with van der Waals surface area (Å²) in [6, 6.07) is -0.606. The zero-order chi connectivity index (χ0) is 16.0. The fourth-order valence-electron chi connectivity index (χ4n) is 2.27. The normalized spacial score (nSPS) is 18.2. The van der Waals surface area contributed by atoms with Gasteiger partial charge in [0.25, 0.3) is 0 Å². The van der Waals surface area contributed by atoms with Crippen LogP contribution in [0.15, 0.2) is 0 Å². The van der Waals surface area contributed by atoms with E-state index in [9.17, 15) is 9.59 Å². The van der Waals surface area contributed by atoms with Gasteiger partial charge in [-0.25, -0.2) is 4.79 Å². The number of carbonyl (C=O) groups excluding carboxylic acids is 2. The summed E-state index contributed by atoms with van der Waals surface area (Å²) in [6.07, 6.45) is 1.85. The van der Waals surface area contributed by atoms with Crippen molar-refractivity contribution in [3.8, 4) is 0 Å². The van der Waals surface area contributed by atoms with Crippen molar-refractivity contribution in [3.63, 3.8) is 0 Å². The minimum absolute atomic E-state index is 0.0617. The molecular weight excluding hydrogens is 292 g/mol. The van der Waals surface area contributed by atoms with Crippen molar-refractivity contribution >= 4 is 23.6 Å². The summed E-state index contributed by atoms with van der Waals surface area (Å²) in [4.78, 5) is 26.1. The van der Waals surface area contributed by atoms with Crippen molar-refractivity contribution in [1.82, 2.24) is 10.2 Å². The Labute approximate surface area is 132 Å². The van der Waals surface area contributed by atoms with Gasteiger partial charge in [-0.1, -0.05) is 6.92 Å². The molecule has 1 heterocycles. The summed E-state index contributed by atoms with van der Waals surface area (Å²) in [7, 11) is 0. The van der Waals surface area contributed by atoms with E-state index in [-0.39, 0.29) is 5.91 Å². The number of carbonyl (C=O) groups is 2. The summed E-state index contributed by atoms with van der Waals surface area (Å²) in [6.45, 7) is 9.05. The van der Waals surface area contributed by atoms with Crippen LogP contribution in [-0.4, -0.2) is 47.5 Å². The molecule has 1 saturated heterocycles. The summed E-state index contributed by atoms with van der Waals surface area (Å²) in [5.41, 5.74) is -0.584. The fourth-order valence-corrected chi connectivity index (χ4v) is 2.48. The number of piperidine rings is 1. The molecule has 122 valence electrons. The SMILES string of the molecule is CC1CCN(C(=O)C(CCCl)NC(=O)OC(C)(C)C)CC1. The second-order valence-corrected chi connectivity index (χ2v) is 7.06. The lowest BCUT2D eigenvalue weighted by atomic mass is 9.98. The van der Waals surface area contributed by atoms with E-state index in [2.05, 4.69) is 12.2 Å². The lowest BCUT2D eigenvalue weighted by Gasteiger charge is -2.33. The van der Waals surface area contributed by atoms with E-state index in [1.54, 1.807) is 20.8 Å². The largest absolute Gasteiger partial charge is 0.444 e. The third-order valence-electron chi connectivity index (χ3n) is 3.48. The minimum Gasteiger partial charge on any atom is -0.444 e. The Kier molecular flexibility index (Phi) is 6.78. The van der Waals surface area contributed by atoms with Crippen LogP contribution < -0.4 is 5.32 Å². The van der Waals surface area contributed by atoms with Gasteiger partial charge in [0.2, 0.25) is 5.91 Å². The van der Waals surface area contributed by atoms with Gasteiger partial charge in [-0.05, 0) is 46.0 Å². The van der Waals surface area contributed by atoms with Crippen LogP contribution in [0.4, 0.5) is 4.79 Å². The molecular formula is C15H27ClN2O3. The van der Waals surface area contributed by atoms with Gasteiger partial charge in [0.05, 0.1) is 0 Å². The van der Waals surface area contributed by atoms with Gasteiger partial charge < -0.3 is 15.0 Å². The van der Waals surface area contributed by atoms with Gasteiger partial charge in [0, 0.05) is 19.0 Å². The van der Waals surface area contributed by atoms with E-state index in [1.165, 1.54) is 0 Å². The Balaban J connectivity index is 2.59. The molecule has 0 aliphatic carbocycles. The van der Waals surface area contributed by atoms with Crippen molar-refractivity contribution in [3.05, 3.63) is 0 Å². The highest BCUT2D eigenvalue weighted by Gasteiger charge is 2.29. The number of likely N-dealkylation sites (tertiary alicyclic amines) is 1. The predicted molar refractivity (Wildman–Crippen MR) is 83.5 cm³/mol. The number of halogens is 1. The van der Waals surface area contributed by atoms with Crippen LogP contribution in [0.2, 0.25) is 0 Å². The molecule has 21 heavy (non-hydrogen) atoms. The number of nitrogens with one attached hydrogen (secondary N) is 1. The van der Waals surface area contributed by atoms with Crippen LogP contribution in [0.3, 0.4) is 0 Å². The highest BCUT2D eigenvalue weighted by Crippen LogP contribution is 2.17. The van der Waals surface area contributed by atoms with Crippen LogP contribution in [0.25, 0.3) is 0 Å². The molecule has 0 radical (unpaired) electrons. The zero-order valence-corrected chi connectivity index (χ0v) is 14.2. The van der Waals surface area contributed by atoms with Gasteiger partial charge >= 0.3 is 6.09 Å². The second kappa shape index (κ2) is 7.87. The Morgan fingerprint density at radius 3 is 2.38 bits per heavy atom. The number of hydrogen-bond donors (Lipinski definition) is 1. The van der Waals surface area contributed by atoms with Crippen LogP contribution in [0, 0.1) is 5.92 Å². The monoisotopic (exact) mass is 318 g/mol. The van der Waals surface area contributed by atoms with Crippen molar-refractivity contribution in [1.29, 1.82) is 0 Å². The molecule has 0 spiro atoms. The average Bonchev–Trinajstić information content (AvgIpc) is 2.36. The van der Waals surface area contributed by atoms with Crippen LogP contribution in [0.1, 0.15) is 47.0 Å². The molecule has 2 amide bonds. The number of alkyl halides is 1. The third kappa shape index (κ3) is 6.55. The van der Waals surface area contributed by atoms with E-state index >= 15 is 0 Å². The Bertz CT molecular complexity index is 360. The first kappa shape index (κ1) is 18.1. The molecule has 0 aromatic rings. The van der Waals surface area contributed by atoms with Crippen LogP contribution in [0.5, 0.6) is 0 Å². The third-order valence-corrected chi connectivity index (χ3v) is 3.70. The molecule has 1 unspecified atom stereocenters. The summed E-state index contributed by atoms with van der Waals surface area (Å²) in [5, 5.41) is 2.65. The lowest BCUT2D eigenvalue weighted by Crippen LogP contribution is -2.51. The van der Waals surface area contributed by atoms with Crippen molar-refractivity contribution in [2.45, 2.75) is 58.6 Å². The van der Waals surface area contributed by atoms with Gasteiger partial charge in [0.1, 0.15) is 11.6 Å². The van der Waals surface area contributed by atoms with E-state index in [1.807, 2.05) is 4.90 Å². The second-order valence-electron chi connectivity index (χ2n) is 6.68. The molecule has 1 atom stereocenters. The Morgan fingerprint density at radius 2 is 1.90 bits per heavy atom. The lowest BCUT2D eigenvalue weighted by molar-refractivity contribution is -0.134. The standard InChI is InChI=1S/C15H27ClN2O3/c1-11-6-9-18(10-7-11)13(19)12(5-8-16)17-14(20)21-15(2,3)4/h11-12H,5-10H2,1-4H3,(H,17,20). The molecule has 1 aliphatic heterocycles. The highest BCUT2D eigenvalue weighted by molar-refractivity contribution is 6.18. The number of alkyl carbamates (subject to hydrolysis) is 1. The fraction of sp³-hybridized carbons (Fsp3) is 0.867. The Morgan fingerprint density at radius 1 is 1.33 bits per heavy atom. The molecule has 0 saturated carbocycles. The van der Waals surface area contributed by atoms with Gasteiger partial charge in [-0.3, -0.25) is 4.79 Å². The maximum atomic E-state index is 12.5. The van der Waals surface area contributed by atoms with Crippen molar-refractivity contribution in [2.75, 3.05) is 19.0 Å². The van der Waals surface area contributed by atoms with Gasteiger partial charge in [-0.15, -0.1) is 11.6 Å². The zero-order valence-electron chi connectivity index (χ0n) is 13.4. The summed E-state index contributed by atoms with van der Waals surface area (Å²) < 4.78 is 5.21. The first-order chi connectivity index (χ1) is 9.73. The summed E-state index contributed by atoms with van der Waals surface area (Å²) in [5.74, 6) is 0.906. The molecule has 1 rings (SSSR count). The van der Waals surface area contributed by atoms with Crippen molar-refractivity contribution in [2.24, 2.45) is 5.92 Å². The molecule has 1 aliphatic rings. The first-order valence-electron chi connectivity index (χ1n) is 7.57. The van der Waals surface area contributed by atoms with Crippen LogP contribution in [-0.2, 0) is 9.53 Å². The van der Waals surface area contributed by atoms with E-state index in [0.29, 0.717) is 18.2 Å². The number of ether oxygens (including phenoxy) is 1.